The molecule has 3 nitrogen and oxygen atoms in total. The summed E-state index contributed by atoms with van der Waals surface area (Å²) in [5.41, 5.74) is 8.42. The number of aliphatic hydroxyl groups excluding tert-OH is 1. The van der Waals surface area contributed by atoms with Crippen LogP contribution < -0.4 is 0 Å². The SMILES string of the molecule is CC1=C(C#C/C(C)=C/C=C/C(C)=C/C=C/C=C(C)/C=C/C=C(C)/C=C/C2=C(C)C(O)C(O)(O)CC2(C)C)C(C)(C)CCC1. The van der Waals surface area contributed by atoms with Crippen molar-refractivity contribution < 1.29 is 15.3 Å². The molecule has 0 radical (unpaired) electrons. The summed E-state index contributed by atoms with van der Waals surface area (Å²) in [6.07, 6.45) is 27.0. The third-order valence-corrected chi connectivity index (χ3v) is 8.31. The molecule has 0 saturated carbocycles. The lowest BCUT2D eigenvalue weighted by atomic mass is 9.69. The van der Waals surface area contributed by atoms with Gasteiger partial charge in [0.15, 0.2) is 5.79 Å². The van der Waals surface area contributed by atoms with E-state index in [0.717, 1.165) is 34.3 Å². The van der Waals surface area contributed by atoms with Gasteiger partial charge in [0.25, 0.3) is 0 Å². The van der Waals surface area contributed by atoms with Crippen LogP contribution in [0, 0.1) is 22.7 Å². The van der Waals surface area contributed by atoms with E-state index < -0.39 is 17.3 Å². The Morgan fingerprint density at radius 1 is 0.767 bits per heavy atom. The van der Waals surface area contributed by atoms with Crippen LogP contribution in [0.4, 0.5) is 0 Å². The van der Waals surface area contributed by atoms with E-state index in [-0.39, 0.29) is 11.8 Å². The minimum Gasteiger partial charge on any atom is -0.383 e. The summed E-state index contributed by atoms with van der Waals surface area (Å²) < 4.78 is 0. The molecule has 3 heteroatoms. The molecule has 0 saturated heterocycles. The predicted octanol–water partition coefficient (Wildman–Crippen LogP) is 9.31. The van der Waals surface area contributed by atoms with Gasteiger partial charge in [-0.25, -0.2) is 0 Å². The van der Waals surface area contributed by atoms with Gasteiger partial charge < -0.3 is 15.3 Å². The zero-order valence-electron chi connectivity index (χ0n) is 28.2. The van der Waals surface area contributed by atoms with Crippen LogP contribution in [0.1, 0.15) is 94.9 Å². The highest BCUT2D eigenvalue weighted by Gasteiger charge is 2.46. The smallest absolute Gasteiger partial charge is 0.194 e. The van der Waals surface area contributed by atoms with Crippen molar-refractivity contribution in [3.63, 3.8) is 0 Å². The number of allylic oxidation sites excluding steroid dienone is 19. The number of rotatable bonds is 8. The van der Waals surface area contributed by atoms with Gasteiger partial charge in [-0.2, -0.15) is 0 Å². The second kappa shape index (κ2) is 15.5. The van der Waals surface area contributed by atoms with Gasteiger partial charge in [0.2, 0.25) is 0 Å². The third kappa shape index (κ3) is 11.1. The summed E-state index contributed by atoms with van der Waals surface area (Å²) in [7, 11) is 0. The number of hydrogen-bond acceptors (Lipinski definition) is 3. The molecule has 0 aromatic carbocycles. The maximum atomic E-state index is 10.3. The highest BCUT2D eigenvalue weighted by atomic mass is 16.5. The van der Waals surface area contributed by atoms with Gasteiger partial charge >= 0.3 is 0 Å². The van der Waals surface area contributed by atoms with Crippen molar-refractivity contribution in [1.29, 1.82) is 0 Å². The van der Waals surface area contributed by atoms with E-state index in [1.165, 1.54) is 24.0 Å². The van der Waals surface area contributed by atoms with Crippen LogP contribution >= 0.6 is 0 Å². The molecule has 2 rings (SSSR count). The van der Waals surface area contributed by atoms with Crippen LogP contribution in [0.3, 0.4) is 0 Å². The van der Waals surface area contributed by atoms with Gasteiger partial charge in [0.05, 0.1) is 0 Å². The maximum absolute atomic E-state index is 10.3. The standard InChI is InChI=1S/C40H54O3/c1-29(18-13-20-31(3)23-25-35-33(5)22-15-27-38(35,7)8)16-11-12-17-30(2)19-14-21-32(4)24-26-36-34(6)37(41)40(42,43)28-39(36,9)10/h11-14,16-21,24,26,37,41-43H,15,22,27-28H2,1-10H3/b12-11+,18-13+,19-14+,26-24+,29-16+,30-17+,31-20+,32-21+. The first kappa shape index (κ1) is 36.0. The lowest BCUT2D eigenvalue weighted by Crippen LogP contribution is -2.50. The van der Waals surface area contributed by atoms with E-state index in [9.17, 15) is 15.3 Å². The first-order valence-electron chi connectivity index (χ1n) is 15.4. The Hall–Kier alpha value is -3.16. The summed E-state index contributed by atoms with van der Waals surface area (Å²) in [6, 6.07) is 0. The Bertz CT molecular complexity index is 1390. The highest BCUT2D eigenvalue weighted by molar-refractivity contribution is 5.45. The minimum atomic E-state index is -2.10. The van der Waals surface area contributed by atoms with E-state index in [4.69, 9.17) is 0 Å². The molecular weight excluding hydrogens is 528 g/mol. The quantitative estimate of drug-likeness (QED) is 0.152. The Morgan fingerprint density at radius 2 is 1.30 bits per heavy atom. The van der Waals surface area contributed by atoms with Crippen molar-refractivity contribution in [2.75, 3.05) is 0 Å². The second-order valence-corrected chi connectivity index (χ2v) is 13.6. The molecule has 2 aliphatic carbocycles. The van der Waals surface area contributed by atoms with Crippen molar-refractivity contribution in [3.8, 4) is 11.8 Å². The molecule has 0 aromatic heterocycles. The van der Waals surface area contributed by atoms with Crippen LogP contribution in [-0.2, 0) is 0 Å². The zero-order chi connectivity index (χ0) is 32.4. The fourth-order valence-electron chi connectivity index (χ4n) is 5.82. The first-order valence-corrected chi connectivity index (χ1v) is 15.4. The average Bonchev–Trinajstić information content (AvgIpc) is 2.88. The fraction of sp³-hybridized carbons (Fsp3) is 0.450. The fourth-order valence-corrected chi connectivity index (χ4v) is 5.82. The van der Waals surface area contributed by atoms with Gasteiger partial charge in [-0.3, -0.25) is 0 Å². The van der Waals surface area contributed by atoms with Gasteiger partial charge in [0.1, 0.15) is 6.10 Å². The number of aliphatic hydroxyl groups is 3. The molecule has 232 valence electrons. The second-order valence-electron chi connectivity index (χ2n) is 13.6. The topological polar surface area (TPSA) is 60.7 Å². The lowest BCUT2D eigenvalue weighted by molar-refractivity contribution is -0.233. The molecule has 0 aliphatic heterocycles. The van der Waals surface area contributed by atoms with Crippen LogP contribution in [0.15, 0.2) is 117 Å². The van der Waals surface area contributed by atoms with Gasteiger partial charge in [-0.1, -0.05) is 135 Å². The van der Waals surface area contributed by atoms with E-state index in [2.05, 4.69) is 89.8 Å². The van der Waals surface area contributed by atoms with Gasteiger partial charge in [-0.05, 0) is 88.4 Å². The molecule has 0 aromatic rings. The first-order chi connectivity index (χ1) is 20.0. The molecule has 1 atom stereocenters. The normalized spacial score (nSPS) is 23.7. The van der Waals surface area contributed by atoms with Gasteiger partial charge in [0, 0.05) is 12.0 Å². The van der Waals surface area contributed by atoms with E-state index in [0.29, 0.717) is 5.57 Å². The maximum Gasteiger partial charge on any atom is 0.194 e. The molecule has 0 heterocycles. The van der Waals surface area contributed by atoms with Crippen molar-refractivity contribution in [1.82, 2.24) is 0 Å². The van der Waals surface area contributed by atoms with Crippen molar-refractivity contribution in [2.24, 2.45) is 10.8 Å². The lowest BCUT2D eigenvalue weighted by Gasteiger charge is -2.43. The molecule has 3 N–H and O–H groups in total. The summed E-state index contributed by atoms with van der Waals surface area (Å²) in [4.78, 5) is 0. The average molecular weight is 583 g/mol. The Morgan fingerprint density at radius 3 is 1.88 bits per heavy atom. The molecule has 1 unspecified atom stereocenters. The molecule has 0 spiro atoms. The summed E-state index contributed by atoms with van der Waals surface area (Å²) in [6.45, 7) is 20.7. The Labute approximate surface area is 261 Å². The van der Waals surface area contributed by atoms with Crippen LogP contribution in [0.5, 0.6) is 0 Å². The van der Waals surface area contributed by atoms with Gasteiger partial charge in [-0.15, -0.1) is 0 Å². The molecule has 0 fully saturated rings. The minimum absolute atomic E-state index is 0.0758. The molecule has 0 bridgehead atoms. The molecule has 0 amide bonds. The zero-order valence-corrected chi connectivity index (χ0v) is 28.2. The third-order valence-electron chi connectivity index (χ3n) is 8.31. The van der Waals surface area contributed by atoms with Crippen LogP contribution in [0.2, 0.25) is 0 Å². The largest absolute Gasteiger partial charge is 0.383 e. The molecule has 43 heavy (non-hydrogen) atoms. The van der Waals surface area contributed by atoms with E-state index in [1.54, 1.807) is 6.92 Å². The van der Waals surface area contributed by atoms with E-state index in [1.807, 2.05) is 57.2 Å². The number of hydrogen-bond donors (Lipinski definition) is 3. The summed E-state index contributed by atoms with van der Waals surface area (Å²) in [5.74, 6) is 4.71. The molecular formula is C40H54O3. The summed E-state index contributed by atoms with van der Waals surface area (Å²) in [5, 5.41) is 30.6. The Balaban J connectivity index is 1.95. The van der Waals surface area contributed by atoms with E-state index >= 15 is 0 Å². The Kier molecular flexibility index (Phi) is 13.0. The monoisotopic (exact) mass is 582 g/mol. The van der Waals surface area contributed by atoms with Crippen molar-refractivity contribution >= 4 is 0 Å². The van der Waals surface area contributed by atoms with Crippen LogP contribution in [-0.4, -0.2) is 27.2 Å². The van der Waals surface area contributed by atoms with Crippen molar-refractivity contribution in [2.45, 2.75) is 107 Å². The van der Waals surface area contributed by atoms with Crippen molar-refractivity contribution in [3.05, 3.63) is 117 Å². The predicted molar refractivity (Wildman–Crippen MR) is 184 cm³/mol. The highest BCUT2D eigenvalue weighted by Crippen LogP contribution is 2.44. The summed E-state index contributed by atoms with van der Waals surface area (Å²) >= 11 is 0. The molecule has 2 aliphatic rings. The van der Waals surface area contributed by atoms with Crippen LogP contribution in [0.25, 0.3) is 0 Å².